The van der Waals surface area contributed by atoms with Gasteiger partial charge in [0.05, 0.1) is 32.0 Å². The molecule has 2 N–H and O–H groups in total. The zero-order valence-electron chi connectivity index (χ0n) is 13.3. The van der Waals surface area contributed by atoms with Gasteiger partial charge in [0.15, 0.2) is 0 Å². The van der Waals surface area contributed by atoms with Crippen LogP contribution in [0.4, 0.5) is 10.1 Å². The highest BCUT2D eigenvalue weighted by Gasteiger charge is 2.22. The number of rotatable bonds is 5. The smallest absolute Gasteiger partial charge is 0.239 e. The van der Waals surface area contributed by atoms with Crippen LogP contribution in [0.3, 0.4) is 0 Å². The van der Waals surface area contributed by atoms with Gasteiger partial charge in [-0.15, -0.1) is 0 Å². The summed E-state index contributed by atoms with van der Waals surface area (Å²) in [5, 5.41) is 5.97. The second-order valence-corrected chi connectivity index (χ2v) is 5.49. The van der Waals surface area contributed by atoms with Crippen molar-refractivity contribution in [2.75, 3.05) is 25.6 Å². The largest absolute Gasteiger partial charge is 0.494 e. The highest BCUT2D eigenvalue weighted by molar-refractivity contribution is 5.81. The van der Waals surface area contributed by atoms with Gasteiger partial charge < -0.3 is 20.1 Å². The molecule has 2 aromatic rings. The Bertz CT molecular complexity index is 736. The Morgan fingerprint density at radius 2 is 2.17 bits per heavy atom. The van der Waals surface area contributed by atoms with Gasteiger partial charge in [0.2, 0.25) is 5.91 Å². The molecule has 0 unspecified atom stereocenters. The number of fused-ring (bicyclic) bond motifs is 1. The number of hydrogen-bond acceptors (Lipinski definition) is 4. The van der Waals surface area contributed by atoms with Crippen LogP contribution in [0.2, 0.25) is 0 Å². The number of nitrogens with one attached hydrogen (secondary N) is 2. The first-order valence-corrected chi connectivity index (χ1v) is 7.76. The zero-order chi connectivity index (χ0) is 16.9. The minimum atomic E-state index is -0.388. The van der Waals surface area contributed by atoms with Crippen molar-refractivity contribution in [2.45, 2.75) is 12.5 Å². The lowest BCUT2D eigenvalue weighted by molar-refractivity contribution is -0.120. The van der Waals surface area contributed by atoms with Crippen LogP contribution in [0.1, 0.15) is 18.0 Å². The third kappa shape index (κ3) is 3.59. The summed E-state index contributed by atoms with van der Waals surface area (Å²) in [5.41, 5.74) is 1.55. The molecule has 0 bridgehead atoms. The van der Waals surface area contributed by atoms with E-state index in [-0.39, 0.29) is 24.3 Å². The molecule has 3 rings (SSSR count). The molecule has 0 aliphatic carbocycles. The molecule has 0 radical (unpaired) electrons. The monoisotopic (exact) mass is 330 g/mol. The molecule has 0 saturated heterocycles. The van der Waals surface area contributed by atoms with Crippen molar-refractivity contribution in [1.29, 1.82) is 0 Å². The fourth-order valence-electron chi connectivity index (χ4n) is 2.72. The van der Waals surface area contributed by atoms with E-state index in [1.165, 1.54) is 19.2 Å². The van der Waals surface area contributed by atoms with E-state index in [0.29, 0.717) is 18.0 Å². The van der Waals surface area contributed by atoms with Crippen LogP contribution in [-0.2, 0) is 4.79 Å². The van der Waals surface area contributed by atoms with Crippen molar-refractivity contribution in [3.63, 3.8) is 0 Å². The third-order valence-corrected chi connectivity index (χ3v) is 3.90. The first-order valence-electron chi connectivity index (χ1n) is 7.76. The number of carbonyl (C=O) groups is 1. The van der Waals surface area contributed by atoms with E-state index in [1.807, 2.05) is 24.3 Å². The molecule has 1 atom stereocenters. The first kappa shape index (κ1) is 16.1. The van der Waals surface area contributed by atoms with E-state index >= 15 is 0 Å². The lowest BCUT2D eigenvalue weighted by Gasteiger charge is -2.26. The van der Waals surface area contributed by atoms with Crippen LogP contribution in [-0.4, -0.2) is 26.2 Å². The molecule has 0 spiro atoms. The molecular weight excluding hydrogens is 311 g/mol. The summed E-state index contributed by atoms with van der Waals surface area (Å²) in [6, 6.07) is 11.8. The van der Waals surface area contributed by atoms with Crippen molar-refractivity contribution < 1.29 is 18.7 Å². The van der Waals surface area contributed by atoms with Crippen molar-refractivity contribution in [2.24, 2.45) is 0 Å². The normalized spacial score (nSPS) is 15.8. The van der Waals surface area contributed by atoms with Crippen molar-refractivity contribution >= 4 is 11.6 Å². The van der Waals surface area contributed by atoms with Crippen LogP contribution in [0.5, 0.6) is 11.5 Å². The van der Waals surface area contributed by atoms with E-state index in [4.69, 9.17) is 9.47 Å². The molecule has 126 valence electrons. The maximum atomic E-state index is 13.2. The Morgan fingerprint density at radius 1 is 1.33 bits per heavy atom. The summed E-state index contributed by atoms with van der Waals surface area (Å²) in [6.07, 6.45) is 0.725. The standard InChI is InChI=1S/C18H19FN2O3/c1-23-17-10-12(19)6-7-15(17)20-11-18(22)21-14-8-9-24-16-5-3-2-4-13(14)16/h2-7,10,14,20H,8-9,11H2,1H3,(H,21,22)/t14-/m0/s1. The average Bonchev–Trinajstić information content (AvgIpc) is 2.61. The topological polar surface area (TPSA) is 59.6 Å². The second kappa shape index (κ2) is 7.21. The molecule has 1 aliphatic rings. The molecule has 24 heavy (non-hydrogen) atoms. The Kier molecular flexibility index (Phi) is 4.84. The van der Waals surface area contributed by atoms with E-state index in [9.17, 15) is 9.18 Å². The second-order valence-electron chi connectivity index (χ2n) is 5.49. The van der Waals surface area contributed by atoms with Gasteiger partial charge in [-0.05, 0) is 18.2 Å². The Morgan fingerprint density at radius 3 is 3.00 bits per heavy atom. The quantitative estimate of drug-likeness (QED) is 0.885. The molecular formula is C18H19FN2O3. The van der Waals surface area contributed by atoms with Gasteiger partial charge in [0.1, 0.15) is 17.3 Å². The molecule has 1 amide bonds. The molecule has 6 heteroatoms. The fraction of sp³-hybridized carbons (Fsp3) is 0.278. The molecule has 2 aromatic carbocycles. The van der Waals surface area contributed by atoms with Gasteiger partial charge in [-0.25, -0.2) is 4.39 Å². The number of carbonyl (C=O) groups excluding carboxylic acids is 1. The highest BCUT2D eigenvalue weighted by Crippen LogP contribution is 2.31. The molecule has 0 fully saturated rings. The van der Waals surface area contributed by atoms with E-state index in [0.717, 1.165) is 17.7 Å². The lowest BCUT2D eigenvalue weighted by Crippen LogP contribution is -2.35. The maximum Gasteiger partial charge on any atom is 0.239 e. The number of methoxy groups -OCH3 is 1. The Balaban J connectivity index is 1.61. The predicted octanol–water partition coefficient (Wildman–Crippen LogP) is 2.89. The van der Waals surface area contributed by atoms with Gasteiger partial charge in [-0.3, -0.25) is 4.79 Å². The number of ether oxygens (including phenoxy) is 2. The number of amides is 1. The summed E-state index contributed by atoms with van der Waals surface area (Å²) in [7, 11) is 1.46. The summed E-state index contributed by atoms with van der Waals surface area (Å²) >= 11 is 0. The van der Waals surface area contributed by atoms with Gasteiger partial charge in [-0.1, -0.05) is 18.2 Å². The molecule has 0 aromatic heterocycles. The van der Waals surface area contributed by atoms with Crippen LogP contribution < -0.4 is 20.1 Å². The van der Waals surface area contributed by atoms with E-state index in [2.05, 4.69) is 10.6 Å². The minimum Gasteiger partial charge on any atom is -0.494 e. The van der Waals surface area contributed by atoms with Gasteiger partial charge in [-0.2, -0.15) is 0 Å². The van der Waals surface area contributed by atoms with E-state index < -0.39 is 0 Å². The Hall–Kier alpha value is -2.76. The number of hydrogen-bond donors (Lipinski definition) is 2. The molecule has 1 heterocycles. The number of benzene rings is 2. The average molecular weight is 330 g/mol. The Labute approximate surface area is 139 Å². The van der Waals surface area contributed by atoms with Gasteiger partial charge in [0, 0.05) is 18.1 Å². The summed E-state index contributed by atoms with van der Waals surface area (Å²) in [5.74, 6) is 0.630. The van der Waals surface area contributed by atoms with Gasteiger partial charge in [0.25, 0.3) is 0 Å². The van der Waals surface area contributed by atoms with Crippen LogP contribution in [0, 0.1) is 5.82 Å². The minimum absolute atomic E-state index is 0.0700. The van der Waals surface area contributed by atoms with Crippen LogP contribution in [0.15, 0.2) is 42.5 Å². The predicted molar refractivity (Wildman–Crippen MR) is 88.9 cm³/mol. The fourth-order valence-corrected chi connectivity index (χ4v) is 2.72. The van der Waals surface area contributed by atoms with Crippen LogP contribution >= 0.6 is 0 Å². The first-order chi connectivity index (χ1) is 11.7. The summed E-state index contributed by atoms with van der Waals surface area (Å²) in [4.78, 5) is 12.2. The summed E-state index contributed by atoms with van der Waals surface area (Å²) < 4.78 is 23.9. The zero-order valence-corrected chi connectivity index (χ0v) is 13.3. The van der Waals surface area contributed by atoms with Crippen molar-refractivity contribution in [3.8, 4) is 11.5 Å². The van der Waals surface area contributed by atoms with Crippen LogP contribution in [0.25, 0.3) is 0 Å². The van der Waals surface area contributed by atoms with E-state index in [1.54, 1.807) is 6.07 Å². The summed E-state index contributed by atoms with van der Waals surface area (Å²) in [6.45, 7) is 0.642. The van der Waals surface area contributed by atoms with Gasteiger partial charge >= 0.3 is 0 Å². The molecule has 0 saturated carbocycles. The molecule has 5 nitrogen and oxygen atoms in total. The van der Waals surface area contributed by atoms with Crippen molar-refractivity contribution in [3.05, 3.63) is 53.8 Å². The van der Waals surface area contributed by atoms with Crippen molar-refractivity contribution in [1.82, 2.24) is 5.32 Å². The SMILES string of the molecule is COc1cc(F)ccc1NCC(=O)N[C@H]1CCOc2ccccc21. The number of anilines is 1. The number of halogens is 1. The number of para-hydroxylation sites is 1. The lowest BCUT2D eigenvalue weighted by atomic mass is 10.0. The maximum absolute atomic E-state index is 13.2. The third-order valence-electron chi connectivity index (χ3n) is 3.90. The highest BCUT2D eigenvalue weighted by atomic mass is 19.1. The molecule has 1 aliphatic heterocycles.